The van der Waals surface area contributed by atoms with Gasteiger partial charge >= 0.3 is 0 Å². The molecule has 0 unspecified atom stereocenters. The molecule has 24 heavy (non-hydrogen) atoms. The summed E-state index contributed by atoms with van der Waals surface area (Å²) in [6.07, 6.45) is 0. The first-order chi connectivity index (χ1) is 11.7. The molecule has 1 aromatic heterocycles. The number of piperazine rings is 1. The van der Waals surface area contributed by atoms with Crippen LogP contribution in [0, 0.1) is 0 Å². The Morgan fingerprint density at radius 2 is 2.00 bits per heavy atom. The van der Waals surface area contributed by atoms with E-state index in [-0.39, 0.29) is 11.2 Å². The first-order valence-corrected chi connectivity index (χ1v) is 9.19. The molecule has 1 saturated heterocycles. The molecule has 1 amide bonds. The average Bonchev–Trinajstić information content (AvgIpc) is 3.10. The fourth-order valence-corrected chi connectivity index (χ4v) is 3.74. The van der Waals surface area contributed by atoms with Crippen LogP contribution in [0.15, 0.2) is 35.5 Å². The van der Waals surface area contributed by atoms with Crippen LogP contribution in [0.5, 0.6) is 0 Å². The van der Waals surface area contributed by atoms with E-state index in [2.05, 4.69) is 22.4 Å². The number of aromatic nitrogens is 4. The van der Waals surface area contributed by atoms with Crippen molar-refractivity contribution in [3.63, 3.8) is 0 Å². The van der Waals surface area contributed by atoms with E-state index in [0.29, 0.717) is 5.16 Å². The molecule has 1 aliphatic heterocycles. The normalized spacial score (nSPS) is 17.0. The number of benzene rings is 1. The molecule has 8 heteroatoms. The third-order valence-electron chi connectivity index (χ3n) is 4.35. The molecule has 7 nitrogen and oxygen atoms in total. The molecule has 3 rings (SSSR count). The number of tetrazole rings is 1. The van der Waals surface area contributed by atoms with Crippen LogP contribution in [-0.4, -0.2) is 69.0 Å². The van der Waals surface area contributed by atoms with Crippen molar-refractivity contribution in [2.45, 2.75) is 24.3 Å². The van der Waals surface area contributed by atoms with Crippen molar-refractivity contribution in [1.29, 1.82) is 0 Å². The number of carbonyl (C=O) groups is 1. The molecule has 1 atom stereocenters. The zero-order valence-electron chi connectivity index (χ0n) is 14.1. The van der Waals surface area contributed by atoms with E-state index < -0.39 is 0 Å². The number of likely N-dealkylation sites (N-methyl/N-ethyl adjacent to an activating group) is 1. The van der Waals surface area contributed by atoms with Crippen LogP contribution in [-0.2, 0) is 4.79 Å². The summed E-state index contributed by atoms with van der Waals surface area (Å²) in [5, 5.41) is 12.3. The van der Waals surface area contributed by atoms with Crippen LogP contribution in [0.25, 0.3) is 5.69 Å². The quantitative estimate of drug-likeness (QED) is 0.765. The predicted octanol–water partition coefficient (Wildman–Crippen LogP) is -0.110. The Morgan fingerprint density at radius 1 is 1.29 bits per heavy atom. The zero-order valence-corrected chi connectivity index (χ0v) is 14.9. The lowest BCUT2D eigenvalue weighted by Gasteiger charge is -2.32. The summed E-state index contributed by atoms with van der Waals surface area (Å²) in [6, 6.07) is 9.72. The number of amides is 1. The second-order valence-electron chi connectivity index (χ2n) is 5.90. The summed E-state index contributed by atoms with van der Waals surface area (Å²) in [5.74, 6) is 0.165. The molecule has 1 N–H and O–H groups in total. The van der Waals surface area contributed by atoms with E-state index in [4.69, 9.17) is 0 Å². The van der Waals surface area contributed by atoms with E-state index in [0.717, 1.165) is 38.4 Å². The Kier molecular flexibility index (Phi) is 5.47. The number of para-hydroxylation sites is 1. The van der Waals surface area contributed by atoms with Gasteiger partial charge in [0.15, 0.2) is 0 Å². The van der Waals surface area contributed by atoms with Crippen molar-refractivity contribution in [2.75, 3.05) is 32.7 Å². The van der Waals surface area contributed by atoms with Gasteiger partial charge in [0.1, 0.15) is 0 Å². The van der Waals surface area contributed by atoms with E-state index in [9.17, 15) is 4.79 Å². The Labute approximate surface area is 146 Å². The van der Waals surface area contributed by atoms with Crippen molar-refractivity contribution in [3.05, 3.63) is 30.3 Å². The Hall–Kier alpha value is -1.93. The van der Waals surface area contributed by atoms with Gasteiger partial charge in [-0.1, -0.05) is 30.0 Å². The number of rotatable bonds is 5. The summed E-state index contributed by atoms with van der Waals surface area (Å²) < 4.78 is 1.67. The van der Waals surface area contributed by atoms with Crippen LogP contribution < -0.4 is 4.90 Å². The van der Waals surface area contributed by atoms with Crippen molar-refractivity contribution in [3.8, 4) is 5.69 Å². The van der Waals surface area contributed by atoms with Gasteiger partial charge in [-0.25, -0.2) is 0 Å². The molecular formula is C16H23N6OS+. The van der Waals surface area contributed by atoms with Crippen molar-refractivity contribution in [1.82, 2.24) is 25.1 Å². The van der Waals surface area contributed by atoms with Gasteiger partial charge in [0.2, 0.25) is 11.1 Å². The minimum atomic E-state index is -0.207. The van der Waals surface area contributed by atoms with Gasteiger partial charge in [-0.2, -0.15) is 4.68 Å². The molecule has 0 radical (unpaired) electrons. The Morgan fingerprint density at radius 3 is 2.67 bits per heavy atom. The first kappa shape index (κ1) is 16.9. The van der Waals surface area contributed by atoms with Gasteiger partial charge in [-0.05, 0) is 36.4 Å². The molecule has 0 aliphatic carbocycles. The van der Waals surface area contributed by atoms with Gasteiger partial charge in [0.25, 0.3) is 0 Å². The molecule has 0 bridgehead atoms. The highest BCUT2D eigenvalue weighted by Crippen LogP contribution is 2.24. The lowest BCUT2D eigenvalue weighted by molar-refractivity contribution is -0.902. The second kappa shape index (κ2) is 7.76. The minimum absolute atomic E-state index is 0.165. The van der Waals surface area contributed by atoms with Gasteiger partial charge in [-0.15, -0.1) is 5.10 Å². The van der Waals surface area contributed by atoms with E-state index >= 15 is 0 Å². The average molecular weight is 347 g/mol. The van der Waals surface area contributed by atoms with Crippen molar-refractivity contribution >= 4 is 17.7 Å². The fraction of sp³-hybridized carbons (Fsp3) is 0.500. The Bertz CT molecular complexity index is 668. The zero-order chi connectivity index (χ0) is 16.9. The number of nitrogens with zero attached hydrogens (tertiary/aromatic N) is 5. The molecule has 1 fully saturated rings. The van der Waals surface area contributed by atoms with E-state index in [1.54, 1.807) is 9.58 Å². The highest BCUT2D eigenvalue weighted by molar-refractivity contribution is 8.00. The molecular weight excluding hydrogens is 324 g/mol. The van der Waals surface area contributed by atoms with Crippen LogP contribution in [0.3, 0.4) is 0 Å². The number of nitrogens with one attached hydrogen (secondary N) is 1. The summed E-state index contributed by atoms with van der Waals surface area (Å²) in [5.41, 5.74) is 0.893. The van der Waals surface area contributed by atoms with Crippen LogP contribution >= 0.6 is 11.8 Å². The number of carbonyl (C=O) groups excluding carboxylic acids is 1. The molecule has 1 aromatic carbocycles. The third-order valence-corrected chi connectivity index (χ3v) is 5.37. The largest absolute Gasteiger partial charge is 0.332 e. The molecule has 2 heterocycles. The van der Waals surface area contributed by atoms with Crippen molar-refractivity contribution in [2.24, 2.45) is 0 Å². The highest BCUT2D eigenvalue weighted by atomic mass is 32.2. The van der Waals surface area contributed by atoms with Crippen LogP contribution in [0.4, 0.5) is 0 Å². The molecule has 128 valence electrons. The predicted molar refractivity (Wildman–Crippen MR) is 92.3 cm³/mol. The summed E-state index contributed by atoms with van der Waals surface area (Å²) in [4.78, 5) is 16.2. The number of thioether (sulfide) groups is 1. The van der Waals surface area contributed by atoms with Gasteiger partial charge in [0, 0.05) is 0 Å². The maximum absolute atomic E-state index is 12.7. The first-order valence-electron chi connectivity index (χ1n) is 8.32. The molecule has 1 aliphatic rings. The van der Waals surface area contributed by atoms with Crippen LogP contribution in [0.2, 0.25) is 0 Å². The summed E-state index contributed by atoms with van der Waals surface area (Å²) >= 11 is 1.41. The number of hydrogen-bond donors (Lipinski definition) is 1. The summed E-state index contributed by atoms with van der Waals surface area (Å²) in [6.45, 7) is 8.96. The van der Waals surface area contributed by atoms with Crippen LogP contribution in [0.1, 0.15) is 13.8 Å². The van der Waals surface area contributed by atoms with Gasteiger partial charge < -0.3 is 9.80 Å². The standard InChI is InChI=1S/C16H22N6OS/c1-3-20-9-11-21(12-10-20)15(23)13(2)24-16-17-18-19-22(16)14-7-5-4-6-8-14/h4-8,13H,3,9-12H2,1-2H3/p+1/t13-/m0/s1. The number of quaternary nitrogens is 1. The Balaban J connectivity index is 1.64. The maximum Gasteiger partial charge on any atom is 0.236 e. The fourth-order valence-electron chi connectivity index (χ4n) is 2.85. The van der Waals surface area contributed by atoms with Gasteiger partial charge in [-0.3, -0.25) is 4.79 Å². The lowest BCUT2D eigenvalue weighted by Crippen LogP contribution is -3.14. The highest BCUT2D eigenvalue weighted by Gasteiger charge is 2.28. The molecule has 2 aromatic rings. The number of hydrogen-bond acceptors (Lipinski definition) is 5. The third kappa shape index (κ3) is 3.76. The smallest absolute Gasteiger partial charge is 0.236 e. The topological polar surface area (TPSA) is 68.3 Å². The van der Waals surface area contributed by atoms with E-state index in [1.165, 1.54) is 11.8 Å². The lowest BCUT2D eigenvalue weighted by atomic mass is 10.3. The molecule has 0 spiro atoms. The monoisotopic (exact) mass is 347 g/mol. The minimum Gasteiger partial charge on any atom is -0.332 e. The van der Waals surface area contributed by atoms with Gasteiger partial charge in [0.05, 0.1) is 43.7 Å². The molecule has 0 saturated carbocycles. The van der Waals surface area contributed by atoms with E-state index in [1.807, 2.05) is 42.2 Å². The SMILES string of the molecule is CC[NH+]1CCN(C(=O)[C@H](C)Sc2nnnn2-c2ccccc2)CC1. The van der Waals surface area contributed by atoms with Crippen molar-refractivity contribution < 1.29 is 9.69 Å². The summed E-state index contributed by atoms with van der Waals surface area (Å²) in [7, 11) is 0. The second-order valence-corrected chi connectivity index (χ2v) is 7.21. The maximum atomic E-state index is 12.7.